The van der Waals surface area contributed by atoms with Crippen LogP contribution in [0.15, 0.2) is 6.07 Å². The van der Waals surface area contributed by atoms with Gasteiger partial charge in [0, 0.05) is 24.4 Å². The maximum atomic E-state index is 5.88. The van der Waals surface area contributed by atoms with E-state index in [2.05, 4.69) is 18.3 Å². The fourth-order valence-electron chi connectivity index (χ4n) is 2.99. The fourth-order valence-corrected chi connectivity index (χ4v) is 3.14. The molecule has 1 aromatic rings. The Balaban J connectivity index is 1.93. The van der Waals surface area contributed by atoms with E-state index in [-0.39, 0.29) is 5.54 Å². The van der Waals surface area contributed by atoms with Crippen molar-refractivity contribution in [2.45, 2.75) is 44.6 Å². The molecule has 1 aliphatic carbocycles. The van der Waals surface area contributed by atoms with E-state index in [1.54, 1.807) is 0 Å². The van der Waals surface area contributed by atoms with Gasteiger partial charge in [0.1, 0.15) is 10.8 Å². The molecule has 1 saturated heterocycles. The minimum atomic E-state index is 0.0115. The van der Waals surface area contributed by atoms with E-state index < -0.39 is 0 Å². The first-order chi connectivity index (χ1) is 9.57. The lowest BCUT2D eigenvalue weighted by Gasteiger charge is -2.35. The van der Waals surface area contributed by atoms with Gasteiger partial charge in [-0.2, -0.15) is 0 Å². The summed E-state index contributed by atoms with van der Waals surface area (Å²) >= 11 is 5.20. The Morgan fingerprint density at radius 3 is 2.85 bits per heavy atom. The topological polar surface area (TPSA) is 60.2 Å². The van der Waals surface area contributed by atoms with Gasteiger partial charge in [-0.3, -0.25) is 0 Å². The molecule has 0 spiro atoms. The number of nitrogens with two attached hydrogens (primary N) is 1. The van der Waals surface area contributed by atoms with Crippen LogP contribution in [-0.4, -0.2) is 28.7 Å². The quantitative estimate of drug-likeness (QED) is 0.836. The lowest BCUT2D eigenvalue weighted by atomic mass is 9.92. The molecule has 2 aliphatic rings. The summed E-state index contributed by atoms with van der Waals surface area (Å²) in [5, 5.41) is 3.58. The number of nitrogens with zero attached hydrogens (tertiary/aromatic N) is 1. The molecule has 0 unspecified atom stereocenters. The summed E-state index contributed by atoms with van der Waals surface area (Å²) in [4.78, 5) is 5.22. The highest BCUT2D eigenvalue weighted by Crippen LogP contribution is 2.30. The van der Waals surface area contributed by atoms with Crippen molar-refractivity contribution >= 4 is 23.0 Å². The first-order valence-electron chi connectivity index (χ1n) is 7.26. The van der Waals surface area contributed by atoms with Gasteiger partial charge in [-0.15, -0.1) is 0 Å². The molecular formula is C15H21N3OS. The Kier molecular flexibility index (Phi) is 3.65. The summed E-state index contributed by atoms with van der Waals surface area (Å²) in [5.74, 6) is 0.850. The van der Waals surface area contributed by atoms with Crippen LogP contribution >= 0.6 is 12.2 Å². The van der Waals surface area contributed by atoms with Crippen LogP contribution in [0.4, 0.5) is 5.82 Å². The van der Waals surface area contributed by atoms with E-state index in [4.69, 9.17) is 27.7 Å². The van der Waals surface area contributed by atoms with Gasteiger partial charge in [0.15, 0.2) is 0 Å². The number of nitrogens with one attached hydrogen (secondary N) is 1. The Hall–Kier alpha value is -1.20. The molecule has 0 radical (unpaired) electrons. The maximum absolute atomic E-state index is 5.88. The number of pyridine rings is 1. The highest BCUT2D eigenvalue weighted by molar-refractivity contribution is 7.80. The molecule has 0 aromatic carbocycles. The van der Waals surface area contributed by atoms with E-state index in [1.165, 1.54) is 17.7 Å². The van der Waals surface area contributed by atoms with Crippen molar-refractivity contribution in [3.05, 3.63) is 22.9 Å². The third-order valence-corrected chi connectivity index (χ3v) is 4.55. The van der Waals surface area contributed by atoms with Crippen LogP contribution in [0.5, 0.6) is 0 Å². The lowest BCUT2D eigenvalue weighted by molar-refractivity contribution is 0.0657. The van der Waals surface area contributed by atoms with Crippen LogP contribution in [0, 0.1) is 0 Å². The van der Waals surface area contributed by atoms with E-state index in [0.29, 0.717) is 4.99 Å². The number of fused-ring (bicyclic) bond motifs is 1. The van der Waals surface area contributed by atoms with Crippen LogP contribution < -0.4 is 11.1 Å². The van der Waals surface area contributed by atoms with Gasteiger partial charge in [0.2, 0.25) is 0 Å². The molecule has 3 N–H and O–H groups in total. The number of hydrogen-bond donors (Lipinski definition) is 2. The van der Waals surface area contributed by atoms with Crippen LogP contribution in [0.2, 0.25) is 0 Å². The molecule has 20 heavy (non-hydrogen) atoms. The van der Waals surface area contributed by atoms with Crippen molar-refractivity contribution in [1.82, 2.24) is 4.98 Å². The molecule has 0 atom stereocenters. The smallest absolute Gasteiger partial charge is 0.136 e. The van der Waals surface area contributed by atoms with Gasteiger partial charge < -0.3 is 15.8 Å². The zero-order valence-corrected chi connectivity index (χ0v) is 12.7. The minimum absolute atomic E-state index is 0.0115. The van der Waals surface area contributed by atoms with Gasteiger partial charge in [0.05, 0.1) is 5.56 Å². The number of aryl methyl sites for hydroxylation is 2. The highest BCUT2D eigenvalue weighted by Gasteiger charge is 2.29. The third kappa shape index (κ3) is 2.65. The Bertz CT molecular complexity index is 538. The molecule has 1 aliphatic heterocycles. The Morgan fingerprint density at radius 2 is 2.15 bits per heavy atom. The van der Waals surface area contributed by atoms with Crippen LogP contribution in [0.25, 0.3) is 0 Å². The van der Waals surface area contributed by atoms with E-state index in [1.807, 2.05) is 0 Å². The monoisotopic (exact) mass is 291 g/mol. The summed E-state index contributed by atoms with van der Waals surface area (Å²) in [7, 11) is 0. The van der Waals surface area contributed by atoms with Crippen molar-refractivity contribution in [2.24, 2.45) is 5.73 Å². The second-order valence-electron chi connectivity index (χ2n) is 6.01. The average Bonchev–Trinajstić information content (AvgIpc) is 2.85. The SMILES string of the molecule is CC1(Nc2nc3c(cc2C(N)=S)CCC3)CCOCC1. The number of aromatic nitrogens is 1. The van der Waals surface area contributed by atoms with Gasteiger partial charge in [-0.25, -0.2) is 4.98 Å². The molecule has 5 heteroatoms. The Labute approximate surface area is 125 Å². The molecule has 0 amide bonds. The largest absolute Gasteiger partial charge is 0.389 e. The molecule has 3 rings (SSSR count). The number of hydrogen-bond acceptors (Lipinski definition) is 4. The van der Waals surface area contributed by atoms with Crippen molar-refractivity contribution in [1.29, 1.82) is 0 Å². The summed E-state index contributed by atoms with van der Waals surface area (Å²) < 4.78 is 5.44. The van der Waals surface area contributed by atoms with Crippen LogP contribution in [0.3, 0.4) is 0 Å². The van der Waals surface area contributed by atoms with E-state index in [9.17, 15) is 0 Å². The average molecular weight is 291 g/mol. The van der Waals surface area contributed by atoms with E-state index in [0.717, 1.165) is 50.3 Å². The number of thiocarbonyl (C=S) groups is 1. The van der Waals surface area contributed by atoms with Crippen LogP contribution in [-0.2, 0) is 17.6 Å². The normalized spacial score (nSPS) is 20.4. The first-order valence-corrected chi connectivity index (χ1v) is 7.67. The minimum Gasteiger partial charge on any atom is -0.389 e. The van der Waals surface area contributed by atoms with Gasteiger partial charge >= 0.3 is 0 Å². The molecule has 1 fully saturated rings. The zero-order chi connectivity index (χ0) is 14.2. The third-order valence-electron chi connectivity index (χ3n) is 4.33. The molecule has 2 heterocycles. The standard InChI is InChI=1S/C15H21N3OS/c1-15(5-7-19-8-6-15)18-14-11(13(16)20)9-10-3-2-4-12(10)17-14/h9H,2-8H2,1H3,(H2,16,20)(H,17,18). The van der Waals surface area contributed by atoms with Crippen LogP contribution in [0.1, 0.15) is 43.0 Å². The van der Waals surface area contributed by atoms with Crippen molar-refractivity contribution < 1.29 is 4.74 Å². The summed E-state index contributed by atoms with van der Waals surface area (Å²) in [5.41, 5.74) is 9.28. The highest BCUT2D eigenvalue weighted by atomic mass is 32.1. The number of ether oxygens (including phenoxy) is 1. The molecule has 1 aromatic heterocycles. The van der Waals surface area contributed by atoms with Crippen molar-refractivity contribution in [3.63, 3.8) is 0 Å². The van der Waals surface area contributed by atoms with Crippen molar-refractivity contribution in [2.75, 3.05) is 18.5 Å². The lowest BCUT2D eigenvalue weighted by Crippen LogP contribution is -2.41. The van der Waals surface area contributed by atoms with Crippen molar-refractivity contribution in [3.8, 4) is 0 Å². The number of anilines is 1. The molecular weight excluding hydrogens is 270 g/mol. The molecule has 4 nitrogen and oxygen atoms in total. The second-order valence-corrected chi connectivity index (χ2v) is 6.45. The molecule has 0 saturated carbocycles. The zero-order valence-electron chi connectivity index (χ0n) is 11.9. The second kappa shape index (κ2) is 5.30. The van der Waals surface area contributed by atoms with E-state index >= 15 is 0 Å². The van der Waals surface area contributed by atoms with Gasteiger partial charge in [0.25, 0.3) is 0 Å². The summed E-state index contributed by atoms with van der Waals surface area (Å²) in [6.45, 7) is 3.79. The molecule has 0 bridgehead atoms. The number of rotatable bonds is 3. The maximum Gasteiger partial charge on any atom is 0.136 e. The fraction of sp³-hybridized carbons (Fsp3) is 0.600. The first kappa shape index (κ1) is 13.8. The van der Waals surface area contributed by atoms with Gasteiger partial charge in [-0.1, -0.05) is 12.2 Å². The van der Waals surface area contributed by atoms with Gasteiger partial charge in [-0.05, 0) is 50.7 Å². The summed E-state index contributed by atoms with van der Waals surface area (Å²) in [6.07, 6.45) is 5.27. The molecule has 108 valence electrons. The predicted octanol–water partition coefficient (Wildman–Crippen LogP) is 2.19. The Morgan fingerprint density at radius 1 is 1.40 bits per heavy atom. The predicted molar refractivity (Wildman–Crippen MR) is 84.2 cm³/mol. The summed E-state index contributed by atoms with van der Waals surface area (Å²) in [6, 6.07) is 2.13.